The van der Waals surface area contributed by atoms with Crippen molar-refractivity contribution < 1.29 is 9.59 Å². The van der Waals surface area contributed by atoms with E-state index in [1.165, 1.54) is 0 Å². The van der Waals surface area contributed by atoms with Crippen LogP contribution in [0.2, 0.25) is 0 Å². The van der Waals surface area contributed by atoms with Crippen LogP contribution in [0.3, 0.4) is 0 Å². The summed E-state index contributed by atoms with van der Waals surface area (Å²) >= 11 is 0. The zero-order valence-corrected chi connectivity index (χ0v) is 15.7. The molecule has 4 heteroatoms. The van der Waals surface area contributed by atoms with Crippen LogP contribution in [0, 0.1) is 20.8 Å². The Hall–Kier alpha value is -3.40. The van der Waals surface area contributed by atoms with Crippen molar-refractivity contribution >= 4 is 23.2 Å². The van der Waals surface area contributed by atoms with E-state index >= 15 is 0 Å². The third kappa shape index (κ3) is 4.61. The van der Waals surface area contributed by atoms with Gasteiger partial charge in [0.05, 0.1) is 0 Å². The van der Waals surface area contributed by atoms with Gasteiger partial charge in [0.15, 0.2) is 0 Å². The number of hydrogen-bond donors (Lipinski definition) is 2. The van der Waals surface area contributed by atoms with Crippen LogP contribution >= 0.6 is 0 Å². The molecule has 27 heavy (non-hydrogen) atoms. The molecule has 0 aliphatic heterocycles. The van der Waals surface area contributed by atoms with Crippen LogP contribution < -0.4 is 10.6 Å². The average Bonchev–Trinajstić information content (AvgIpc) is 2.66. The summed E-state index contributed by atoms with van der Waals surface area (Å²) in [7, 11) is 0. The average molecular weight is 358 g/mol. The minimum Gasteiger partial charge on any atom is -0.322 e. The molecule has 4 nitrogen and oxygen atoms in total. The Kier molecular flexibility index (Phi) is 5.36. The standard InChI is InChI=1S/C23H22N2O2/c1-15-8-11-20(12-9-15)24-22(26)18-5-4-6-19(14-18)23(27)25-21-13-16(2)7-10-17(21)3/h4-14H,1-3H3,(H,24,26)(H,25,27). The van der Waals surface area contributed by atoms with Crippen molar-refractivity contribution in [2.75, 3.05) is 10.6 Å². The van der Waals surface area contributed by atoms with Crippen LogP contribution in [0.15, 0.2) is 66.7 Å². The molecule has 3 rings (SSSR count). The molecule has 0 bridgehead atoms. The van der Waals surface area contributed by atoms with Crippen LogP contribution in [0.1, 0.15) is 37.4 Å². The fraction of sp³-hybridized carbons (Fsp3) is 0.130. The van der Waals surface area contributed by atoms with E-state index in [2.05, 4.69) is 10.6 Å². The summed E-state index contributed by atoms with van der Waals surface area (Å²) in [6, 6.07) is 20.2. The maximum atomic E-state index is 12.6. The van der Waals surface area contributed by atoms with Gasteiger partial charge in [-0.05, 0) is 68.3 Å². The second-order valence-corrected chi connectivity index (χ2v) is 6.67. The summed E-state index contributed by atoms with van der Waals surface area (Å²) in [4.78, 5) is 25.1. The van der Waals surface area contributed by atoms with Crippen molar-refractivity contribution in [3.8, 4) is 0 Å². The van der Waals surface area contributed by atoms with E-state index in [1.807, 2.05) is 63.2 Å². The molecule has 0 saturated carbocycles. The fourth-order valence-corrected chi connectivity index (χ4v) is 2.71. The summed E-state index contributed by atoms with van der Waals surface area (Å²) in [5, 5.41) is 5.77. The van der Waals surface area contributed by atoms with E-state index in [9.17, 15) is 9.59 Å². The zero-order valence-electron chi connectivity index (χ0n) is 15.7. The Morgan fingerprint density at radius 2 is 1.26 bits per heavy atom. The van der Waals surface area contributed by atoms with Crippen LogP contribution in [-0.2, 0) is 0 Å². The number of amides is 2. The minimum absolute atomic E-state index is 0.242. The highest BCUT2D eigenvalue weighted by Crippen LogP contribution is 2.18. The van der Waals surface area contributed by atoms with Crippen molar-refractivity contribution in [3.05, 3.63) is 94.5 Å². The molecule has 0 radical (unpaired) electrons. The Bertz CT molecular complexity index is 992. The zero-order chi connectivity index (χ0) is 19.4. The van der Waals surface area contributed by atoms with E-state index in [4.69, 9.17) is 0 Å². The highest BCUT2D eigenvalue weighted by molar-refractivity contribution is 6.08. The van der Waals surface area contributed by atoms with Gasteiger partial charge in [0, 0.05) is 22.5 Å². The Morgan fingerprint density at radius 3 is 1.93 bits per heavy atom. The Morgan fingerprint density at radius 1 is 0.667 bits per heavy atom. The largest absolute Gasteiger partial charge is 0.322 e. The van der Waals surface area contributed by atoms with Gasteiger partial charge in [0.25, 0.3) is 11.8 Å². The lowest BCUT2D eigenvalue weighted by Crippen LogP contribution is -2.16. The van der Waals surface area contributed by atoms with Crippen molar-refractivity contribution in [1.82, 2.24) is 0 Å². The first-order valence-corrected chi connectivity index (χ1v) is 8.79. The summed E-state index contributed by atoms with van der Waals surface area (Å²) < 4.78 is 0. The normalized spacial score (nSPS) is 10.3. The quantitative estimate of drug-likeness (QED) is 0.680. The lowest BCUT2D eigenvalue weighted by molar-refractivity contribution is 0.102. The first kappa shape index (κ1) is 18.4. The summed E-state index contributed by atoms with van der Waals surface area (Å²) in [6.07, 6.45) is 0. The van der Waals surface area contributed by atoms with E-state index in [-0.39, 0.29) is 11.8 Å². The molecule has 3 aromatic carbocycles. The highest BCUT2D eigenvalue weighted by Gasteiger charge is 2.12. The molecule has 136 valence electrons. The second-order valence-electron chi connectivity index (χ2n) is 6.67. The molecule has 0 spiro atoms. The van der Waals surface area contributed by atoms with Gasteiger partial charge in [-0.1, -0.05) is 35.9 Å². The Labute approximate surface area is 159 Å². The SMILES string of the molecule is Cc1ccc(NC(=O)c2cccc(C(=O)Nc3cc(C)ccc3C)c2)cc1. The number of benzene rings is 3. The van der Waals surface area contributed by atoms with Crippen molar-refractivity contribution in [2.24, 2.45) is 0 Å². The third-order valence-electron chi connectivity index (χ3n) is 4.34. The molecule has 3 aromatic rings. The lowest BCUT2D eigenvalue weighted by Gasteiger charge is -2.10. The van der Waals surface area contributed by atoms with Gasteiger partial charge in [0.2, 0.25) is 0 Å². The topological polar surface area (TPSA) is 58.2 Å². The maximum absolute atomic E-state index is 12.6. The number of nitrogens with one attached hydrogen (secondary N) is 2. The third-order valence-corrected chi connectivity index (χ3v) is 4.34. The monoisotopic (exact) mass is 358 g/mol. The van der Waals surface area contributed by atoms with Crippen molar-refractivity contribution in [3.63, 3.8) is 0 Å². The van der Waals surface area contributed by atoms with Gasteiger partial charge in [-0.2, -0.15) is 0 Å². The van der Waals surface area contributed by atoms with E-state index < -0.39 is 0 Å². The molecular weight excluding hydrogens is 336 g/mol. The number of aryl methyl sites for hydroxylation is 3. The van der Waals surface area contributed by atoms with Crippen LogP contribution in [0.4, 0.5) is 11.4 Å². The summed E-state index contributed by atoms with van der Waals surface area (Å²) in [5.74, 6) is -0.492. The molecule has 0 heterocycles. The molecule has 0 aromatic heterocycles. The van der Waals surface area contributed by atoms with Crippen LogP contribution in [0.25, 0.3) is 0 Å². The predicted octanol–water partition coefficient (Wildman–Crippen LogP) is 5.12. The molecular formula is C23H22N2O2. The first-order valence-electron chi connectivity index (χ1n) is 8.79. The van der Waals surface area contributed by atoms with Crippen molar-refractivity contribution in [2.45, 2.75) is 20.8 Å². The predicted molar refractivity (Wildman–Crippen MR) is 109 cm³/mol. The van der Waals surface area contributed by atoms with Gasteiger partial charge in [-0.15, -0.1) is 0 Å². The molecule has 0 aliphatic rings. The molecule has 2 N–H and O–H groups in total. The number of carbonyl (C=O) groups is 2. The Balaban J connectivity index is 1.76. The van der Waals surface area contributed by atoms with Gasteiger partial charge < -0.3 is 10.6 Å². The summed E-state index contributed by atoms with van der Waals surface area (Å²) in [5.41, 5.74) is 5.55. The molecule has 0 atom stereocenters. The fourth-order valence-electron chi connectivity index (χ4n) is 2.71. The maximum Gasteiger partial charge on any atom is 0.255 e. The van der Waals surface area contributed by atoms with Crippen LogP contribution in [0.5, 0.6) is 0 Å². The number of carbonyl (C=O) groups excluding carboxylic acids is 2. The van der Waals surface area contributed by atoms with E-state index in [1.54, 1.807) is 24.3 Å². The second kappa shape index (κ2) is 7.87. The lowest BCUT2D eigenvalue weighted by atomic mass is 10.1. The first-order chi connectivity index (χ1) is 12.9. The van der Waals surface area contributed by atoms with E-state index in [0.29, 0.717) is 11.1 Å². The highest BCUT2D eigenvalue weighted by atomic mass is 16.2. The number of anilines is 2. The molecule has 0 unspecified atom stereocenters. The molecule has 0 fully saturated rings. The van der Waals surface area contributed by atoms with Gasteiger partial charge in [-0.25, -0.2) is 0 Å². The van der Waals surface area contributed by atoms with Gasteiger partial charge in [0.1, 0.15) is 0 Å². The van der Waals surface area contributed by atoms with Crippen molar-refractivity contribution in [1.29, 1.82) is 0 Å². The molecule has 0 saturated heterocycles. The number of rotatable bonds is 4. The number of hydrogen-bond acceptors (Lipinski definition) is 2. The molecule has 0 aliphatic carbocycles. The minimum atomic E-state index is -0.250. The van der Waals surface area contributed by atoms with Gasteiger partial charge >= 0.3 is 0 Å². The van der Waals surface area contributed by atoms with Crippen LogP contribution in [-0.4, -0.2) is 11.8 Å². The smallest absolute Gasteiger partial charge is 0.255 e. The van der Waals surface area contributed by atoms with Gasteiger partial charge in [-0.3, -0.25) is 9.59 Å². The van der Waals surface area contributed by atoms with E-state index in [0.717, 1.165) is 28.1 Å². The molecule has 2 amide bonds. The summed E-state index contributed by atoms with van der Waals surface area (Å²) in [6.45, 7) is 5.91.